The molecule has 1 fully saturated rings. The summed E-state index contributed by atoms with van der Waals surface area (Å²) in [5.41, 5.74) is 0.623. The lowest BCUT2D eigenvalue weighted by molar-refractivity contribution is -0.144. The molecule has 0 bridgehead atoms. The van der Waals surface area contributed by atoms with Crippen LogP contribution in [0.4, 0.5) is 0 Å². The molecule has 1 aliphatic heterocycles. The molecule has 6 heteroatoms. The number of ether oxygens (including phenoxy) is 2. The minimum Gasteiger partial charge on any atom is -0.464 e. The van der Waals surface area contributed by atoms with E-state index in [1.165, 1.54) is 5.56 Å². The number of carbonyl (C=O) groups excluding carboxylic acids is 2. The molecular formula is C20H30N2O4. The van der Waals surface area contributed by atoms with Gasteiger partial charge in [-0.2, -0.15) is 0 Å². The predicted octanol–water partition coefficient (Wildman–Crippen LogP) is 2.33. The number of nitrogens with one attached hydrogen (secondary N) is 1. The number of rotatable bonds is 9. The van der Waals surface area contributed by atoms with Crippen molar-refractivity contribution in [1.82, 2.24) is 10.2 Å². The Balaban J connectivity index is 2.03. The second-order valence-electron chi connectivity index (χ2n) is 7.43. The number of esters is 1. The van der Waals surface area contributed by atoms with E-state index in [1.54, 1.807) is 6.92 Å². The SMILES string of the molecule is CCOC(=O)[C@H]1O[C@@H]1C(=O)N[C@](C)(CC(C)C)N(C)Cc1ccccc1. The first-order valence-corrected chi connectivity index (χ1v) is 9.16. The van der Waals surface area contributed by atoms with Gasteiger partial charge in [-0.3, -0.25) is 9.69 Å². The van der Waals surface area contributed by atoms with Crippen molar-refractivity contribution >= 4 is 11.9 Å². The van der Waals surface area contributed by atoms with Gasteiger partial charge in [-0.15, -0.1) is 0 Å². The van der Waals surface area contributed by atoms with Crippen molar-refractivity contribution in [2.24, 2.45) is 5.92 Å². The number of hydrogen-bond donors (Lipinski definition) is 1. The number of hydrogen-bond acceptors (Lipinski definition) is 5. The summed E-state index contributed by atoms with van der Waals surface area (Å²) >= 11 is 0. The fourth-order valence-electron chi connectivity index (χ4n) is 3.18. The molecule has 0 aromatic heterocycles. The Hall–Kier alpha value is -1.92. The Kier molecular flexibility index (Phi) is 6.78. The van der Waals surface area contributed by atoms with E-state index in [-0.39, 0.29) is 12.5 Å². The molecule has 1 amide bonds. The lowest BCUT2D eigenvalue weighted by atomic mass is 9.96. The molecule has 1 aromatic carbocycles. The van der Waals surface area contributed by atoms with Crippen LogP contribution < -0.4 is 5.32 Å². The van der Waals surface area contributed by atoms with Crippen molar-refractivity contribution in [3.05, 3.63) is 35.9 Å². The highest BCUT2D eigenvalue weighted by Crippen LogP contribution is 2.27. The molecule has 0 spiro atoms. The highest BCUT2D eigenvalue weighted by atomic mass is 16.6. The van der Waals surface area contributed by atoms with Crippen molar-refractivity contribution in [2.75, 3.05) is 13.7 Å². The van der Waals surface area contributed by atoms with Gasteiger partial charge in [-0.25, -0.2) is 4.79 Å². The Morgan fingerprint density at radius 3 is 2.50 bits per heavy atom. The first-order valence-electron chi connectivity index (χ1n) is 9.16. The Labute approximate surface area is 155 Å². The molecule has 26 heavy (non-hydrogen) atoms. The normalized spacial score (nSPS) is 21.3. The highest BCUT2D eigenvalue weighted by Gasteiger charge is 2.52. The Morgan fingerprint density at radius 1 is 1.27 bits per heavy atom. The van der Waals surface area contributed by atoms with Crippen LogP contribution in [-0.4, -0.2) is 48.3 Å². The van der Waals surface area contributed by atoms with Crippen molar-refractivity contribution in [2.45, 2.75) is 58.5 Å². The maximum atomic E-state index is 12.6. The van der Waals surface area contributed by atoms with E-state index >= 15 is 0 Å². The van der Waals surface area contributed by atoms with E-state index in [4.69, 9.17) is 9.47 Å². The molecule has 1 aliphatic rings. The Morgan fingerprint density at radius 2 is 1.92 bits per heavy atom. The summed E-state index contributed by atoms with van der Waals surface area (Å²) in [5.74, 6) is -0.360. The quantitative estimate of drug-likeness (QED) is 0.415. The number of carbonyl (C=O) groups is 2. The average Bonchev–Trinajstić information content (AvgIpc) is 3.36. The Bertz CT molecular complexity index is 619. The monoisotopic (exact) mass is 362 g/mol. The zero-order valence-electron chi connectivity index (χ0n) is 16.3. The van der Waals surface area contributed by atoms with Gasteiger partial charge < -0.3 is 14.8 Å². The van der Waals surface area contributed by atoms with Crippen LogP contribution >= 0.6 is 0 Å². The van der Waals surface area contributed by atoms with Crippen LogP contribution in [0.1, 0.15) is 39.7 Å². The number of amides is 1. The maximum absolute atomic E-state index is 12.6. The molecule has 3 atom stereocenters. The molecule has 1 saturated heterocycles. The largest absolute Gasteiger partial charge is 0.464 e. The zero-order chi connectivity index (χ0) is 19.3. The first-order chi connectivity index (χ1) is 12.3. The van der Waals surface area contributed by atoms with Gasteiger partial charge in [0.05, 0.1) is 12.3 Å². The molecule has 0 radical (unpaired) electrons. The summed E-state index contributed by atoms with van der Waals surface area (Å²) in [6, 6.07) is 10.1. The van der Waals surface area contributed by atoms with Crippen LogP contribution in [0.3, 0.4) is 0 Å². The highest BCUT2D eigenvalue weighted by molar-refractivity contribution is 5.93. The number of epoxide rings is 1. The lowest BCUT2D eigenvalue weighted by Crippen LogP contribution is -2.58. The zero-order valence-corrected chi connectivity index (χ0v) is 16.3. The number of benzene rings is 1. The summed E-state index contributed by atoms with van der Waals surface area (Å²) in [5, 5.41) is 3.09. The van der Waals surface area contributed by atoms with Crippen LogP contribution in [-0.2, 0) is 25.6 Å². The molecular weight excluding hydrogens is 332 g/mol. The fraction of sp³-hybridized carbons (Fsp3) is 0.600. The smallest absolute Gasteiger partial charge is 0.338 e. The van der Waals surface area contributed by atoms with Gasteiger partial charge in [0.15, 0.2) is 12.2 Å². The summed E-state index contributed by atoms with van der Waals surface area (Å²) in [7, 11) is 1.99. The summed E-state index contributed by atoms with van der Waals surface area (Å²) in [6.45, 7) is 8.96. The molecule has 0 aliphatic carbocycles. The third-order valence-corrected chi connectivity index (χ3v) is 4.57. The number of nitrogens with zero attached hydrogens (tertiary/aromatic N) is 1. The van der Waals surface area contributed by atoms with Crippen LogP contribution in [0.25, 0.3) is 0 Å². The fourth-order valence-corrected chi connectivity index (χ4v) is 3.18. The van der Waals surface area contributed by atoms with E-state index < -0.39 is 23.8 Å². The average molecular weight is 362 g/mol. The van der Waals surface area contributed by atoms with E-state index in [2.05, 4.69) is 36.2 Å². The summed E-state index contributed by atoms with van der Waals surface area (Å²) in [6.07, 6.45) is -0.762. The van der Waals surface area contributed by atoms with Gasteiger partial charge in [-0.1, -0.05) is 44.2 Å². The van der Waals surface area contributed by atoms with Crippen molar-refractivity contribution in [3.63, 3.8) is 0 Å². The third kappa shape index (κ3) is 5.29. The third-order valence-electron chi connectivity index (χ3n) is 4.57. The maximum Gasteiger partial charge on any atom is 0.338 e. The topological polar surface area (TPSA) is 71.2 Å². The van der Waals surface area contributed by atoms with Gasteiger partial charge in [0, 0.05) is 6.54 Å². The van der Waals surface area contributed by atoms with Gasteiger partial charge in [0.1, 0.15) is 0 Å². The van der Waals surface area contributed by atoms with Gasteiger partial charge in [-0.05, 0) is 38.8 Å². The molecule has 144 valence electrons. The molecule has 1 aromatic rings. The minimum atomic E-state index is -0.780. The summed E-state index contributed by atoms with van der Waals surface area (Å²) < 4.78 is 10.1. The second-order valence-corrected chi connectivity index (χ2v) is 7.43. The van der Waals surface area contributed by atoms with Crippen molar-refractivity contribution in [3.8, 4) is 0 Å². The van der Waals surface area contributed by atoms with E-state index in [9.17, 15) is 9.59 Å². The van der Waals surface area contributed by atoms with Gasteiger partial charge >= 0.3 is 5.97 Å². The molecule has 1 heterocycles. The molecule has 0 saturated carbocycles. The van der Waals surface area contributed by atoms with Crippen LogP contribution in [0.5, 0.6) is 0 Å². The van der Waals surface area contributed by atoms with E-state index in [0.717, 1.165) is 6.42 Å². The first kappa shape index (κ1) is 20.4. The van der Waals surface area contributed by atoms with Crippen LogP contribution in [0.2, 0.25) is 0 Å². The van der Waals surface area contributed by atoms with E-state index in [1.807, 2.05) is 32.2 Å². The minimum absolute atomic E-state index is 0.272. The molecule has 0 unspecified atom stereocenters. The van der Waals surface area contributed by atoms with Gasteiger partial charge in [0.25, 0.3) is 5.91 Å². The molecule has 6 nitrogen and oxygen atoms in total. The van der Waals surface area contributed by atoms with Gasteiger partial charge in [0.2, 0.25) is 0 Å². The second kappa shape index (κ2) is 8.64. The van der Waals surface area contributed by atoms with E-state index in [0.29, 0.717) is 12.5 Å². The summed E-state index contributed by atoms with van der Waals surface area (Å²) in [4.78, 5) is 26.4. The van der Waals surface area contributed by atoms with Crippen molar-refractivity contribution in [1.29, 1.82) is 0 Å². The van der Waals surface area contributed by atoms with Crippen molar-refractivity contribution < 1.29 is 19.1 Å². The van der Waals surface area contributed by atoms with Crippen LogP contribution in [0, 0.1) is 5.92 Å². The lowest BCUT2D eigenvalue weighted by Gasteiger charge is -2.41. The van der Waals surface area contributed by atoms with Crippen LogP contribution in [0.15, 0.2) is 30.3 Å². The standard InChI is InChI=1S/C20H30N2O4/c1-6-25-19(24)17-16(26-17)18(23)21-20(4,12-14(2)3)22(5)13-15-10-8-7-9-11-15/h7-11,14,16-17H,6,12-13H2,1-5H3,(H,21,23)/t16-,17-,20-/m0/s1. The molecule has 1 N–H and O–H groups in total. The molecule has 2 rings (SSSR count). The predicted molar refractivity (Wildman–Crippen MR) is 99.2 cm³/mol.